The molecule has 2 rings (SSSR count). The molecule has 130 valence electrons. The van der Waals surface area contributed by atoms with E-state index in [1.807, 2.05) is 0 Å². The van der Waals surface area contributed by atoms with Crippen LogP contribution in [-0.2, 0) is 4.79 Å². The molecule has 0 aromatic heterocycles. The minimum absolute atomic E-state index is 0.290. The van der Waals surface area contributed by atoms with E-state index < -0.39 is 11.8 Å². The summed E-state index contributed by atoms with van der Waals surface area (Å²) in [6, 6.07) is 11.7. The molecule has 25 heavy (non-hydrogen) atoms. The highest BCUT2D eigenvalue weighted by Crippen LogP contribution is 2.22. The minimum atomic E-state index is -0.495. The Morgan fingerprint density at radius 2 is 1.56 bits per heavy atom. The molecular weight excluding hydrogens is 344 g/mol. The molecule has 0 fully saturated rings. The van der Waals surface area contributed by atoms with Gasteiger partial charge in [-0.2, -0.15) is 0 Å². The predicted octanol–water partition coefficient (Wildman–Crippen LogP) is 2.83. The number of nitrogens with one attached hydrogen (secondary N) is 2. The summed E-state index contributed by atoms with van der Waals surface area (Å²) < 4.78 is 10.2. The number of methoxy groups -OCH3 is 2. The van der Waals surface area contributed by atoms with Crippen molar-refractivity contribution in [3.05, 3.63) is 64.7 Å². The van der Waals surface area contributed by atoms with Gasteiger partial charge in [-0.15, -0.1) is 0 Å². The Balaban J connectivity index is 1.95. The Morgan fingerprint density at radius 1 is 0.960 bits per heavy atom. The van der Waals surface area contributed by atoms with Crippen LogP contribution in [-0.4, -0.2) is 26.0 Å². The zero-order chi connectivity index (χ0) is 18.2. The lowest BCUT2D eigenvalue weighted by Crippen LogP contribution is -2.40. The standard InChI is InChI=1S/C18H17ClN2O4/c1-24-15-9-13(10-16(11-15)25-2)18(23)21-20-17(22)8-5-12-3-6-14(19)7-4-12/h3-11H,1-2H3,(H,20,22)(H,21,23). The Morgan fingerprint density at radius 3 is 2.12 bits per heavy atom. The Labute approximate surface area is 150 Å². The van der Waals surface area contributed by atoms with Gasteiger partial charge in [0.1, 0.15) is 11.5 Å². The topological polar surface area (TPSA) is 76.7 Å². The van der Waals surface area contributed by atoms with Crippen molar-refractivity contribution in [2.24, 2.45) is 0 Å². The number of amides is 2. The van der Waals surface area contributed by atoms with Crippen molar-refractivity contribution in [3.8, 4) is 11.5 Å². The second kappa shape index (κ2) is 8.75. The minimum Gasteiger partial charge on any atom is -0.497 e. The highest BCUT2D eigenvalue weighted by molar-refractivity contribution is 6.30. The number of carbonyl (C=O) groups excluding carboxylic acids is 2. The summed E-state index contributed by atoms with van der Waals surface area (Å²) in [6.07, 6.45) is 2.90. The SMILES string of the molecule is COc1cc(OC)cc(C(=O)NNC(=O)C=Cc2ccc(Cl)cc2)c1. The lowest BCUT2D eigenvalue weighted by atomic mass is 10.2. The van der Waals surface area contributed by atoms with Crippen LogP contribution in [0.1, 0.15) is 15.9 Å². The first-order valence-corrected chi connectivity index (χ1v) is 7.66. The summed E-state index contributed by atoms with van der Waals surface area (Å²) in [5, 5.41) is 0.614. The Bertz CT molecular complexity index is 766. The lowest BCUT2D eigenvalue weighted by molar-refractivity contribution is -0.117. The lowest BCUT2D eigenvalue weighted by Gasteiger charge is -2.09. The third kappa shape index (κ3) is 5.54. The molecule has 6 nitrogen and oxygen atoms in total. The number of benzene rings is 2. The molecule has 0 saturated heterocycles. The fourth-order valence-corrected chi connectivity index (χ4v) is 2.04. The number of halogens is 1. The highest BCUT2D eigenvalue weighted by atomic mass is 35.5. The molecule has 0 unspecified atom stereocenters. The first-order chi connectivity index (χ1) is 12.0. The highest BCUT2D eigenvalue weighted by Gasteiger charge is 2.10. The summed E-state index contributed by atoms with van der Waals surface area (Å²) in [7, 11) is 2.97. The fourth-order valence-electron chi connectivity index (χ4n) is 1.92. The average Bonchev–Trinajstić information content (AvgIpc) is 2.65. The molecule has 0 aliphatic heterocycles. The maximum Gasteiger partial charge on any atom is 0.269 e. The van der Waals surface area contributed by atoms with E-state index in [9.17, 15) is 9.59 Å². The number of hydrogen-bond acceptors (Lipinski definition) is 4. The summed E-state index contributed by atoms with van der Waals surface area (Å²) in [4.78, 5) is 23.9. The van der Waals surface area contributed by atoms with E-state index in [1.54, 1.807) is 36.4 Å². The summed E-state index contributed by atoms with van der Waals surface area (Å²) in [5.41, 5.74) is 5.73. The maximum atomic E-state index is 12.1. The van der Waals surface area contributed by atoms with Crippen molar-refractivity contribution in [2.75, 3.05) is 14.2 Å². The van der Waals surface area contributed by atoms with Crippen molar-refractivity contribution < 1.29 is 19.1 Å². The Hall–Kier alpha value is -2.99. The number of ether oxygens (including phenoxy) is 2. The Kier molecular flexibility index (Phi) is 6.42. The smallest absolute Gasteiger partial charge is 0.269 e. The number of carbonyl (C=O) groups is 2. The molecule has 0 spiro atoms. The molecule has 2 aromatic rings. The van der Waals surface area contributed by atoms with Crippen LogP contribution in [0.5, 0.6) is 11.5 Å². The van der Waals surface area contributed by atoms with Gasteiger partial charge >= 0.3 is 0 Å². The van der Waals surface area contributed by atoms with Crippen LogP contribution >= 0.6 is 11.6 Å². The van der Waals surface area contributed by atoms with E-state index in [0.717, 1.165) is 5.56 Å². The molecule has 0 bridgehead atoms. The van der Waals surface area contributed by atoms with E-state index in [4.69, 9.17) is 21.1 Å². The normalized spacial score (nSPS) is 10.4. The van der Waals surface area contributed by atoms with Gasteiger partial charge < -0.3 is 9.47 Å². The molecule has 0 aliphatic carbocycles. The van der Waals surface area contributed by atoms with Gasteiger partial charge in [-0.05, 0) is 35.9 Å². The molecule has 0 aliphatic rings. The number of hydrazine groups is 1. The van der Waals surface area contributed by atoms with E-state index in [1.165, 1.54) is 32.4 Å². The van der Waals surface area contributed by atoms with Crippen molar-refractivity contribution >= 4 is 29.5 Å². The third-order valence-corrected chi connectivity index (χ3v) is 3.46. The molecule has 2 amide bonds. The largest absolute Gasteiger partial charge is 0.497 e. The van der Waals surface area contributed by atoms with Crippen molar-refractivity contribution in [2.45, 2.75) is 0 Å². The van der Waals surface area contributed by atoms with Gasteiger partial charge in [-0.25, -0.2) is 0 Å². The van der Waals surface area contributed by atoms with E-state index >= 15 is 0 Å². The van der Waals surface area contributed by atoms with Crippen LogP contribution in [0.15, 0.2) is 48.5 Å². The van der Waals surface area contributed by atoms with Crippen molar-refractivity contribution in [1.82, 2.24) is 10.9 Å². The third-order valence-electron chi connectivity index (χ3n) is 3.21. The number of hydrogen-bond donors (Lipinski definition) is 2. The van der Waals surface area contributed by atoms with E-state index in [2.05, 4.69) is 10.9 Å². The van der Waals surface area contributed by atoms with E-state index in [-0.39, 0.29) is 5.56 Å². The van der Waals surface area contributed by atoms with Crippen molar-refractivity contribution in [1.29, 1.82) is 0 Å². The summed E-state index contributed by atoms with van der Waals surface area (Å²) in [6.45, 7) is 0. The molecular formula is C18H17ClN2O4. The fraction of sp³-hybridized carbons (Fsp3) is 0.111. The molecule has 2 N–H and O–H groups in total. The van der Waals surface area contributed by atoms with E-state index in [0.29, 0.717) is 16.5 Å². The summed E-state index contributed by atoms with van der Waals surface area (Å²) >= 11 is 5.79. The molecule has 0 atom stereocenters. The zero-order valence-corrected chi connectivity index (χ0v) is 14.5. The molecule has 0 heterocycles. The van der Waals surface area contributed by atoms with Crippen LogP contribution in [0.3, 0.4) is 0 Å². The molecule has 0 saturated carbocycles. The molecule has 0 radical (unpaired) electrons. The van der Waals surface area contributed by atoms with Gasteiger partial charge in [0.2, 0.25) is 0 Å². The monoisotopic (exact) mass is 360 g/mol. The van der Waals surface area contributed by atoms with Gasteiger partial charge in [0.15, 0.2) is 0 Å². The first kappa shape index (κ1) is 18.4. The van der Waals surface area contributed by atoms with Crippen LogP contribution in [0, 0.1) is 0 Å². The molecule has 2 aromatic carbocycles. The average molecular weight is 361 g/mol. The quantitative estimate of drug-likeness (QED) is 0.635. The van der Waals surface area contributed by atoms with Crippen LogP contribution < -0.4 is 20.3 Å². The zero-order valence-electron chi connectivity index (χ0n) is 13.7. The maximum absolute atomic E-state index is 12.1. The predicted molar refractivity (Wildman–Crippen MR) is 95.6 cm³/mol. The molecule has 7 heteroatoms. The van der Waals surface area contributed by atoms with Gasteiger partial charge in [0, 0.05) is 22.7 Å². The second-order valence-corrected chi connectivity index (χ2v) is 5.37. The van der Waals surface area contributed by atoms with Crippen molar-refractivity contribution in [3.63, 3.8) is 0 Å². The van der Waals surface area contributed by atoms with Crippen LogP contribution in [0.4, 0.5) is 0 Å². The van der Waals surface area contributed by atoms with Crippen LogP contribution in [0.25, 0.3) is 6.08 Å². The van der Waals surface area contributed by atoms with Gasteiger partial charge in [-0.3, -0.25) is 20.4 Å². The van der Waals surface area contributed by atoms with Gasteiger partial charge in [0.05, 0.1) is 14.2 Å². The van der Waals surface area contributed by atoms with Crippen LogP contribution in [0.2, 0.25) is 5.02 Å². The number of rotatable bonds is 5. The van der Waals surface area contributed by atoms with Gasteiger partial charge in [0.25, 0.3) is 11.8 Å². The second-order valence-electron chi connectivity index (χ2n) is 4.93. The van der Waals surface area contributed by atoms with Gasteiger partial charge in [-0.1, -0.05) is 23.7 Å². The first-order valence-electron chi connectivity index (χ1n) is 7.29. The summed E-state index contributed by atoms with van der Waals surface area (Å²) in [5.74, 6) is -0.0273.